The third kappa shape index (κ3) is 2.75. The van der Waals surface area contributed by atoms with Gasteiger partial charge >= 0.3 is 6.01 Å². The molecule has 0 amide bonds. The highest BCUT2D eigenvalue weighted by molar-refractivity contribution is 5.58. The van der Waals surface area contributed by atoms with E-state index in [9.17, 15) is 8.78 Å². The van der Waals surface area contributed by atoms with Crippen LogP contribution < -0.4 is 10.1 Å². The maximum absolute atomic E-state index is 13.7. The number of hydrogen-bond acceptors (Lipinski definition) is 5. The first-order valence-corrected chi connectivity index (χ1v) is 5.66. The summed E-state index contributed by atoms with van der Waals surface area (Å²) in [6.07, 6.45) is 0. The predicted molar refractivity (Wildman–Crippen MR) is 65.9 cm³/mol. The van der Waals surface area contributed by atoms with Crippen molar-refractivity contribution in [2.75, 3.05) is 19.0 Å². The van der Waals surface area contributed by atoms with Crippen LogP contribution in [0.4, 0.5) is 14.7 Å². The van der Waals surface area contributed by atoms with Gasteiger partial charge in [0.1, 0.15) is 11.6 Å². The molecule has 0 aliphatic heterocycles. The van der Waals surface area contributed by atoms with Crippen LogP contribution in [0.1, 0.15) is 6.92 Å². The number of ether oxygens (including phenoxy) is 1. The summed E-state index contributed by atoms with van der Waals surface area (Å²) in [5, 5.41) is 2.69. The standard InChI is InChI=1S/C12H12F2N4O/c1-3-19-12-17-10(16-11(15-2)18-12)9-7(13)5-4-6-8(9)14/h4-6H,3H2,1-2H3,(H,15,16,17,18). The zero-order valence-electron chi connectivity index (χ0n) is 10.4. The van der Waals surface area contributed by atoms with Gasteiger partial charge in [-0.1, -0.05) is 6.07 Å². The van der Waals surface area contributed by atoms with E-state index in [1.54, 1.807) is 14.0 Å². The van der Waals surface area contributed by atoms with E-state index in [1.807, 2.05) is 0 Å². The Labute approximate surface area is 108 Å². The van der Waals surface area contributed by atoms with Gasteiger partial charge in [-0.3, -0.25) is 0 Å². The molecule has 0 radical (unpaired) electrons. The molecule has 5 nitrogen and oxygen atoms in total. The highest BCUT2D eigenvalue weighted by atomic mass is 19.1. The lowest BCUT2D eigenvalue weighted by Gasteiger charge is -2.08. The summed E-state index contributed by atoms with van der Waals surface area (Å²) < 4.78 is 32.5. The number of rotatable bonds is 4. The molecule has 0 saturated heterocycles. The molecule has 1 aromatic carbocycles. The average Bonchev–Trinajstić information content (AvgIpc) is 2.38. The van der Waals surface area contributed by atoms with Gasteiger partial charge in [-0.15, -0.1) is 0 Å². The number of anilines is 1. The third-order valence-electron chi connectivity index (χ3n) is 2.30. The number of hydrogen-bond donors (Lipinski definition) is 1. The van der Waals surface area contributed by atoms with Crippen LogP contribution >= 0.6 is 0 Å². The summed E-state index contributed by atoms with van der Waals surface area (Å²) in [5.74, 6) is -1.42. The van der Waals surface area contributed by atoms with Crippen LogP contribution in [0.15, 0.2) is 18.2 Å². The Kier molecular flexibility index (Phi) is 3.84. The van der Waals surface area contributed by atoms with Gasteiger partial charge in [-0.2, -0.15) is 15.0 Å². The van der Waals surface area contributed by atoms with Gasteiger partial charge < -0.3 is 10.1 Å². The summed E-state index contributed by atoms with van der Waals surface area (Å²) in [6, 6.07) is 3.57. The highest BCUT2D eigenvalue weighted by Gasteiger charge is 2.16. The third-order valence-corrected chi connectivity index (χ3v) is 2.30. The fraction of sp³-hybridized carbons (Fsp3) is 0.250. The van der Waals surface area contributed by atoms with Crippen LogP contribution in [0.2, 0.25) is 0 Å². The Morgan fingerprint density at radius 1 is 1.16 bits per heavy atom. The average molecular weight is 266 g/mol. The Morgan fingerprint density at radius 3 is 2.42 bits per heavy atom. The van der Waals surface area contributed by atoms with E-state index in [0.717, 1.165) is 12.1 Å². The molecule has 1 heterocycles. The van der Waals surface area contributed by atoms with E-state index in [-0.39, 0.29) is 23.3 Å². The lowest BCUT2D eigenvalue weighted by molar-refractivity contribution is 0.312. The van der Waals surface area contributed by atoms with Gasteiger partial charge in [0.15, 0.2) is 5.82 Å². The number of halogens is 2. The van der Waals surface area contributed by atoms with Crippen molar-refractivity contribution >= 4 is 5.95 Å². The Bertz CT molecular complexity index is 572. The lowest BCUT2D eigenvalue weighted by Crippen LogP contribution is -2.06. The van der Waals surface area contributed by atoms with Crippen molar-refractivity contribution in [2.45, 2.75) is 6.92 Å². The van der Waals surface area contributed by atoms with Gasteiger partial charge in [0.25, 0.3) is 0 Å². The van der Waals surface area contributed by atoms with Crippen molar-refractivity contribution in [3.05, 3.63) is 29.8 Å². The zero-order chi connectivity index (χ0) is 13.8. The Morgan fingerprint density at radius 2 is 1.84 bits per heavy atom. The van der Waals surface area contributed by atoms with E-state index in [4.69, 9.17) is 4.74 Å². The molecule has 0 unspecified atom stereocenters. The molecule has 0 spiro atoms. The summed E-state index contributed by atoms with van der Waals surface area (Å²) in [4.78, 5) is 11.8. The van der Waals surface area contributed by atoms with Crippen molar-refractivity contribution in [1.29, 1.82) is 0 Å². The molecule has 0 aliphatic rings. The van der Waals surface area contributed by atoms with Crippen LogP contribution in [0.5, 0.6) is 6.01 Å². The molecule has 0 atom stereocenters. The second-order valence-electron chi connectivity index (χ2n) is 3.54. The van der Waals surface area contributed by atoms with Crippen LogP contribution in [-0.2, 0) is 0 Å². The topological polar surface area (TPSA) is 59.9 Å². The van der Waals surface area contributed by atoms with Crippen LogP contribution in [-0.4, -0.2) is 28.6 Å². The van der Waals surface area contributed by atoms with Gasteiger partial charge in [0, 0.05) is 7.05 Å². The Balaban J connectivity index is 2.57. The maximum atomic E-state index is 13.7. The van der Waals surface area contributed by atoms with Crippen molar-refractivity contribution in [3.63, 3.8) is 0 Å². The SMILES string of the molecule is CCOc1nc(NC)nc(-c2c(F)cccc2F)n1. The molecule has 7 heteroatoms. The van der Waals surface area contributed by atoms with Crippen molar-refractivity contribution in [2.24, 2.45) is 0 Å². The van der Waals surface area contributed by atoms with E-state index in [1.165, 1.54) is 6.07 Å². The maximum Gasteiger partial charge on any atom is 0.321 e. The normalized spacial score (nSPS) is 10.3. The number of nitrogens with one attached hydrogen (secondary N) is 1. The largest absolute Gasteiger partial charge is 0.464 e. The molecule has 0 aliphatic carbocycles. The molecule has 0 saturated carbocycles. The minimum atomic E-state index is -0.740. The van der Waals surface area contributed by atoms with E-state index < -0.39 is 11.6 Å². The molecule has 2 rings (SSSR count). The summed E-state index contributed by atoms with van der Waals surface area (Å²) in [5.41, 5.74) is -0.303. The Hall–Kier alpha value is -2.31. The summed E-state index contributed by atoms with van der Waals surface area (Å²) in [6.45, 7) is 2.10. The first-order chi connectivity index (χ1) is 9.15. The van der Waals surface area contributed by atoms with Gasteiger partial charge in [0.2, 0.25) is 5.95 Å². The fourth-order valence-corrected chi connectivity index (χ4v) is 1.49. The monoisotopic (exact) mass is 266 g/mol. The molecule has 1 aromatic heterocycles. The summed E-state index contributed by atoms with van der Waals surface area (Å²) in [7, 11) is 1.59. The highest BCUT2D eigenvalue weighted by Crippen LogP contribution is 2.24. The van der Waals surface area contributed by atoms with Gasteiger partial charge in [-0.05, 0) is 19.1 Å². The van der Waals surface area contributed by atoms with E-state index in [2.05, 4.69) is 20.3 Å². The molecule has 1 N–H and O–H groups in total. The number of aromatic nitrogens is 3. The molecular formula is C12H12F2N4O. The molecule has 0 fully saturated rings. The van der Waals surface area contributed by atoms with Crippen LogP contribution in [0.25, 0.3) is 11.4 Å². The quantitative estimate of drug-likeness (QED) is 0.919. The molecule has 2 aromatic rings. The molecular weight excluding hydrogens is 254 g/mol. The molecule has 0 bridgehead atoms. The second-order valence-corrected chi connectivity index (χ2v) is 3.54. The van der Waals surface area contributed by atoms with Gasteiger partial charge in [-0.25, -0.2) is 8.78 Å². The lowest BCUT2D eigenvalue weighted by atomic mass is 10.2. The minimum Gasteiger partial charge on any atom is -0.464 e. The first kappa shape index (κ1) is 13.1. The van der Waals surface area contributed by atoms with Crippen molar-refractivity contribution < 1.29 is 13.5 Å². The zero-order valence-corrected chi connectivity index (χ0v) is 10.4. The molecule has 19 heavy (non-hydrogen) atoms. The fourth-order valence-electron chi connectivity index (χ4n) is 1.49. The van der Waals surface area contributed by atoms with Crippen molar-refractivity contribution in [1.82, 2.24) is 15.0 Å². The van der Waals surface area contributed by atoms with Crippen molar-refractivity contribution in [3.8, 4) is 17.4 Å². The number of nitrogens with zero attached hydrogens (tertiary/aromatic N) is 3. The second kappa shape index (κ2) is 5.55. The summed E-state index contributed by atoms with van der Waals surface area (Å²) >= 11 is 0. The minimum absolute atomic E-state index is 0.0134. The predicted octanol–water partition coefficient (Wildman–Crippen LogP) is 2.26. The molecule has 100 valence electrons. The van der Waals surface area contributed by atoms with Gasteiger partial charge in [0.05, 0.1) is 12.2 Å². The smallest absolute Gasteiger partial charge is 0.321 e. The van der Waals surface area contributed by atoms with E-state index >= 15 is 0 Å². The van der Waals surface area contributed by atoms with Crippen LogP contribution in [0.3, 0.4) is 0 Å². The van der Waals surface area contributed by atoms with Crippen LogP contribution in [0, 0.1) is 11.6 Å². The number of benzene rings is 1. The van der Waals surface area contributed by atoms with E-state index in [0.29, 0.717) is 6.61 Å². The first-order valence-electron chi connectivity index (χ1n) is 5.66.